The summed E-state index contributed by atoms with van der Waals surface area (Å²) in [5, 5.41) is 9.85. The van der Waals surface area contributed by atoms with E-state index in [1.54, 1.807) is 6.07 Å². The van der Waals surface area contributed by atoms with Gasteiger partial charge in [-0.3, -0.25) is 4.90 Å². The molecule has 3 nitrogen and oxygen atoms in total. The standard InChI is InChI=1S/C17H26N2O/c20-17-6-2-1-5-16(17)14-19-11-7-15(8-12-19)13-18-9-3-4-10-18/h1-2,5-6,15,20H,3-4,7-14H2. The minimum absolute atomic E-state index is 0.437. The number of rotatable bonds is 4. The second-order valence-corrected chi connectivity index (χ2v) is 6.36. The van der Waals surface area contributed by atoms with Gasteiger partial charge in [0.05, 0.1) is 0 Å². The molecule has 20 heavy (non-hydrogen) atoms. The Hall–Kier alpha value is -1.06. The van der Waals surface area contributed by atoms with E-state index >= 15 is 0 Å². The molecule has 110 valence electrons. The van der Waals surface area contributed by atoms with Gasteiger partial charge in [0.25, 0.3) is 0 Å². The third kappa shape index (κ3) is 3.53. The van der Waals surface area contributed by atoms with Gasteiger partial charge >= 0.3 is 0 Å². The fourth-order valence-electron chi connectivity index (χ4n) is 3.54. The highest BCUT2D eigenvalue weighted by atomic mass is 16.3. The predicted molar refractivity (Wildman–Crippen MR) is 81.8 cm³/mol. The highest BCUT2D eigenvalue weighted by Crippen LogP contribution is 2.24. The summed E-state index contributed by atoms with van der Waals surface area (Å²) in [5.41, 5.74) is 1.06. The lowest BCUT2D eigenvalue weighted by molar-refractivity contribution is 0.148. The van der Waals surface area contributed by atoms with Crippen molar-refractivity contribution in [3.63, 3.8) is 0 Å². The Morgan fingerprint density at radius 2 is 1.65 bits per heavy atom. The average molecular weight is 274 g/mol. The van der Waals surface area contributed by atoms with Crippen molar-refractivity contribution in [2.75, 3.05) is 32.7 Å². The van der Waals surface area contributed by atoms with E-state index in [-0.39, 0.29) is 0 Å². The van der Waals surface area contributed by atoms with Crippen molar-refractivity contribution in [2.45, 2.75) is 32.2 Å². The van der Waals surface area contributed by atoms with Crippen LogP contribution in [0.2, 0.25) is 0 Å². The highest BCUT2D eigenvalue weighted by Gasteiger charge is 2.23. The molecule has 0 spiro atoms. The number of hydrogen-bond donors (Lipinski definition) is 1. The van der Waals surface area contributed by atoms with Crippen molar-refractivity contribution >= 4 is 0 Å². The lowest BCUT2D eigenvalue weighted by atomic mass is 9.96. The fourth-order valence-corrected chi connectivity index (χ4v) is 3.54. The van der Waals surface area contributed by atoms with Gasteiger partial charge in [-0.15, -0.1) is 0 Å². The van der Waals surface area contributed by atoms with Crippen molar-refractivity contribution in [2.24, 2.45) is 5.92 Å². The third-order valence-electron chi connectivity index (χ3n) is 4.81. The Bertz CT molecular complexity index is 421. The Balaban J connectivity index is 1.45. The summed E-state index contributed by atoms with van der Waals surface area (Å²) in [6.45, 7) is 7.18. The summed E-state index contributed by atoms with van der Waals surface area (Å²) in [5.74, 6) is 1.32. The van der Waals surface area contributed by atoms with Crippen molar-refractivity contribution in [1.82, 2.24) is 9.80 Å². The van der Waals surface area contributed by atoms with Gasteiger partial charge in [-0.2, -0.15) is 0 Å². The maximum atomic E-state index is 9.85. The average Bonchev–Trinajstić information content (AvgIpc) is 2.96. The Kier molecular flexibility index (Phi) is 4.58. The lowest BCUT2D eigenvalue weighted by Gasteiger charge is -2.34. The van der Waals surface area contributed by atoms with Gasteiger partial charge in [0, 0.05) is 18.7 Å². The van der Waals surface area contributed by atoms with E-state index in [2.05, 4.69) is 9.80 Å². The van der Waals surface area contributed by atoms with Crippen LogP contribution >= 0.6 is 0 Å². The number of phenols is 1. The summed E-state index contributed by atoms with van der Waals surface area (Å²) in [4.78, 5) is 5.12. The molecule has 0 atom stereocenters. The van der Waals surface area contributed by atoms with Crippen LogP contribution in [0.3, 0.4) is 0 Å². The van der Waals surface area contributed by atoms with Gasteiger partial charge in [0.1, 0.15) is 5.75 Å². The van der Waals surface area contributed by atoms with Gasteiger partial charge in [0.15, 0.2) is 0 Å². The molecule has 1 aromatic carbocycles. The quantitative estimate of drug-likeness (QED) is 0.914. The number of aromatic hydroxyl groups is 1. The molecule has 2 saturated heterocycles. The van der Waals surface area contributed by atoms with E-state index in [9.17, 15) is 5.11 Å². The second-order valence-electron chi connectivity index (χ2n) is 6.36. The number of likely N-dealkylation sites (tertiary alicyclic amines) is 2. The highest BCUT2D eigenvalue weighted by molar-refractivity contribution is 5.31. The van der Waals surface area contributed by atoms with E-state index in [4.69, 9.17) is 0 Å². The molecule has 3 rings (SSSR count). The van der Waals surface area contributed by atoms with Crippen molar-refractivity contribution in [3.05, 3.63) is 29.8 Å². The SMILES string of the molecule is Oc1ccccc1CN1CCC(CN2CCCC2)CC1. The van der Waals surface area contributed by atoms with Crippen LogP contribution in [0.1, 0.15) is 31.2 Å². The van der Waals surface area contributed by atoms with Crippen LogP contribution in [0, 0.1) is 5.92 Å². The van der Waals surface area contributed by atoms with Crippen LogP contribution in [0.5, 0.6) is 5.75 Å². The summed E-state index contributed by atoms with van der Waals surface area (Å²) in [6.07, 6.45) is 5.41. The summed E-state index contributed by atoms with van der Waals surface area (Å²) >= 11 is 0. The van der Waals surface area contributed by atoms with E-state index in [1.807, 2.05) is 18.2 Å². The first-order valence-electron chi connectivity index (χ1n) is 8.03. The number of piperidine rings is 1. The topological polar surface area (TPSA) is 26.7 Å². The molecule has 0 amide bonds. The molecule has 0 saturated carbocycles. The van der Waals surface area contributed by atoms with Crippen LogP contribution in [0.25, 0.3) is 0 Å². The molecule has 0 bridgehead atoms. The van der Waals surface area contributed by atoms with Gasteiger partial charge in [0.2, 0.25) is 0 Å². The van der Waals surface area contributed by atoms with E-state index in [0.29, 0.717) is 5.75 Å². The van der Waals surface area contributed by atoms with E-state index in [1.165, 1.54) is 58.4 Å². The summed E-state index contributed by atoms with van der Waals surface area (Å²) in [7, 11) is 0. The summed E-state index contributed by atoms with van der Waals surface area (Å²) in [6, 6.07) is 7.72. The Morgan fingerprint density at radius 1 is 0.950 bits per heavy atom. The molecular formula is C17H26N2O. The number of phenolic OH excluding ortho intramolecular Hbond substituents is 1. The first-order valence-corrected chi connectivity index (χ1v) is 8.03. The maximum absolute atomic E-state index is 9.85. The first kappa shape index (κ1) is 13.9. The molecule has 1 aromatic rings. The molecule has 0 aromatic heterocycles. The molecule has 3 heteroatoms. The Labute approximate surface area is 122 Å². The van der Waals surface area contributed by atoms with Gasteiger partial charge in [-0.25, -0.2) is 0 Å². The first-order chi connectivity index (χ1) is 9.81. The molecule has 2 aliphatic rings. The maximum Gasteiger partial charge on any atom is 0.120 e. The minimum atomic E-state index is 0.437. The molecule has 0 aliphatic carbocycles. The lowest BCUT2D eigenvalue weighted by Crippen LogP contribution is -2.37. The number of nitrogens with zero attached hydrogens (tertiary/aromatic N) is 2. The van der Waals surface area contributed by atoms with E-state index in [0.717, 1.165) is 18.0 Å². The van der Waals surface area contributed by atoms with E-state index < -0.39 is 0 Å². The van der Waals surface area contributed by atoms with Gasteiger partial charge < -0.3 is 10.0 Å². The minimum Gasteiger partial charge on any atom is -0.508 e. The number of benzene rings is 1. The van der Waals surface area contributed by atoms with Crippen LogP contribution in [-0.2, 0) is 6.54 Å². The van der Waals surface area contributed by atoms with Crippen LogP contribution in [-0.4, -0.2) is 47.6 Å². The molecule has 2 heterocycles. The predicted octanol–water partition coefficient (Wildman–Crippen LogP) is 2.70. The zero-order chi connectivity index (χ0) is 13.8. The van der Waals surface area contributed by atoms with Crippen molar-refractivity contribution < 1.29 is 5.11 Å². The molecule has 2 aliphatic heterocycles. The number of hydrogen-bond acceptors (Lipinski definition) is 3. The summed E-state index contributed by atoms with van der Waals surface area (Å²) < 4.78 is 0. The van der Waals surface area contributed by atoms with Crippen LogP contribution in [0.4, 0.5) is 0 Å². The zero-order valence-corrected chi connectivity index (χ0v) is 12.3. The normalized spacial score (nSPS) is 22.4. The van der Waals surface area contributed by atoms with Crippen LogP contribution in [0.15, 0.2) is 24.3 Å². The Morgan fingerprint density at radius 3 is 2.35 bits per heavy atom. The van der Waals surface area contributed by atoms with Crippen molar-refractivity contribution in [3.8, 4) is 5.75 Å². The molecule has 0 radical (unpaired) electrons. The largest absolute Gasteiger partial charge is 0.508 e. The van der Waals surface area contributed by atoms with Crippen molar-refractivity contribution in [1.29, 1.82) is 0 Å². The molecule has 1 N–H and O–H groups in total. The smallest absolute Gasteiger partial charge is 0.120 e. The molecule has 2 fully saturated rings. The monoisotopic (exact) mass is 274 g/mol. The van der Waals surface area contributed by atoms with Gasteiger partial charge in [-0.1, -0.05) is 18.2 Å². The van der Waals surface area contributed by atoms with Crippen LogP contribution < -0.4 is 0 Å². The molecule has 0 unspecified atom stereocenters. The zero-order valence-electron chi connectivity index (χ0n) is 12.3. The third-order valence-corrected chi connectivity index (χ3v) is 4.81. The second kappa shape index (κ2) is 6.59. The number of para-hydroxylation sites is 1. The fraction of sp³-hybridized carbons (Fsp3) is 0.647. The molecular weight excluding hydrogens is 248 g/mol. The van der Waals surface area contributed by atoms with Gasteiger partial charge in [-0.05, 0) is 63.8 Å².